The van der Waals surface area contributed by atoms with Crippen LogP contribution in [-0.2, 0) is 38.8 Å². The zero-order valence-electron chi connectivity index (χ0n) is 23.7. The summed E-state index contributed by atoms with van der Waals surface area (Å²) in [5.41, 5.74) is 0.774. The Morgan fingerprint density at radius 1 is 0.952 bits per heavy atom. The summed E-state index contributed by atoms with van der Waals surface area (Å²) >= 11 is 6.17. The Balaban J connectivity index is 2.11. The second kappa shape index (κ2) is 13.6. The second-order valence-electron chi connectivity index (χ2n) is 10.3. The number of rotatable bonds is 11. The molecule has 1 N–H and O–H groups in total. The van der Waals surface area contributed by atoms with Crippen molar-refractivity contribution in [1.82, 2.24) is 10.2 Å². The molecule has 42 heavy (non-hydrogen) atoms. The van der Waals surface area contributed by atoms with Crippen LogP contribution in [0.2, 0.25) is 5.02 Å². The minimum absolute atomic E-state index is 0.0595. The Labute approximate surface area is 249 Å². The summed E-state index contributed by atoms with van der Waals surface area (Å²) in [5, 5.41) is 2.54. The van der Waals surface area contributed by atoms with Crippen molar-refractivity contribution in [2.75, 3.05) is 17.1 Å². The number of benzene rings is 3. The topological polar surface area (TPSA) is 86.8 Å². The van der Waals surface area contributed by atoms with Gasteiger partial charge in [-0.25, -0.2) is 8.42 Å². The maximum absolute atomic E-state index is 14.0. The lowest BCUT2D eigenvalue weighted by molar-refractivity contribution is -0.140. The largest absolute Gasteiger partial charge is 0.416 e. The number of aryl methyl sites for hydroxylation is 1. The van der Waals surface area contributed by atoms with Gasteiger partial charge < -0.3 is 10.2 Å². The van der Waals surface area contributed by atoms with Crippen LogP contribution in [0.25, 0.3) is 0 Å². The zero-order valence-corrected chi connectivity index (χ0v) is 25.2. The number of nitrogens with zero attached hydrogens (tertiary/aromatic N) is 2. The van der Waals surface area contributed by atoms with Gasteiger partial charge in [0.05, 0.1) is 22.5 Å². The van der Waals surface area contributed by atoms with E-state index in [1.807, 2.05) is 25.1 Å². The summed E-state index contributed by atoms with van der Waals surface area (Å²) in [6.45, 7) is 4.49. The van der Waals surface area contributed by atoms with Gasteiger partial charge in [0.2, 0.25) is 21.8 Å². The van der Waals surface area contributed by atoms with Crippen molar-refractivity contribution < 1.29 is 31.2 Å². The van der Waals surface area contributed by atoms with Gasteiger partial charge in [-0.05, 0) is 50.1 Å². The van der Waals surface area contributed by atoms with E-state index in [4.69, 9.17) is 11.6 Å². The number of hydrogen-bond acceptors (Lipinski definition) is 4. The lowest BCUT2D eigenvalue weighted by Gasteiger charge is -2.34. The first-order chi connectivity index (χ1) is 19.6. The van der Waals surface area contributed by atoms with Crippen LogP contribution in [0, 0.1) is 6.92 Å². The Morgan fingerprint density at radius 2 is 1.57 bits per heavy atom. The van der Waals surface area contributed by atoms with E-state index in [0.717, 1.165) is 29.5 Å². The third-order valence-corrected chi connectivity index (χ3v) is 7.84. The molecule has 0 saturated carbocycles. The van der Waals surface area contributed by atoms with Gasteiger partial charge in [-0.1, -0.05) is 71.8 Å². The molecule has 0 aliphatic heterocycles. The number of amides is 2. The van der Waals surface area contributed by atoms with Crippen molar-refractivity contribution in [3.05, 3.63) is 100 Å². The van der Waals surface area contributed by atoms with Gasteiger partial charge in [-0.3, -0.25) is 13.9 Å². The Kier molecular flexibility index (Phi) is 10.7. The average Bonchev–Trinajstić information content (AvgIpc) is 2.89. The first-order valence-electron chi connectivity index (χ1n) is 13.1. The molecule has 0 aliphatic rings. The standard InChI is InChI=1S/C30H33ClF3N3O4S/c1-20(2)35-29(39)27(16-22-8-6-5-7-9-22)36(18-23-12-10-21(3)11-13-23)28(38)19-37(42(4,40)41)26-17-24(30(32,33)34)14-15-25(26)31/h5-15,17,20,27H,16,18-19H2,1-4H3,(H,35,39). The zero-order chi connectivity index (χ0) is 31.2. The van der Waals surface area contributed by atoms with Gasteiger partial charge in [0.1, 0.15) is 12.6 Å². The molecule has 0 heterocycles. The first kappa shape index (κ1) is 32.9. The molecule has 1 atom stereocenters. The van der Waals surface area contributed by atoms with Crippen LogP contribution in [0.1, 0.15) is 36.1 Å². The van der Waals surface area contributed by atoms with E-state index < -0.39 is 51.9 Å². The minimum Gasteiger partial charge on any atom is -0.352 e. The van der Waals surface area contributed by atoms with E-state index in [-0.39, 0.29) is 24.0 Å². The highest BCUT2D eigenvalue weighted by Gasteiger charge is 2.36. The van der Waals surface area contributed by atoms with Gasteiger partial charge in [-0.15, -0.1) is 0 Å². The molecule has 2 amide bonds. The maximum atomic E-state index is 14.0. The highest BCUT2D eigenvalue weighted by molar-refractivity contribution is 7.92. The van der Waals surface area contributed by atoms with E-state index in [1.54, 1.807) is 50.2 Å². The quantitative estimate of drug-likeness (QED) is 0.301. The van der Waals surface area contributed by atoms with E-state index >= 15 is 0 Å². The molecule has 3 aromatic carbocycles. The number of hydrogen-bond donors (Lipinski definition) is 1. The van der Waals surface area contributed by atoms with Gasteiger partial charge in [0.25, 0.3) is 0 Å². The number of alkyl halides is 3. The van der Waals surface area contributed by atoms with Crippen molar-refractivity contribution in [2.24, 2.45) is 0 Å². The van der Waals surface area contributed by atoms with Crippen LogP contribution < -0.4 is 9.62 Å². The normalized spacial score (nSPS) is 12.6. The van der Waals surface area contributed by atoms with E-state index in [2.05, 4.69) is 5.32 Å². The van der Waals surface area contributed by atoms with Gasteiger partial charge in [-0.2, -0.15) is 13.2 Å². The first-order valence-corrected chi connectivity index (χ1v) is 15.3. The summed E-state index contributed by atoms with van der Waals surface area (Å²) in [6, 6.07) is 17.2. The number of carbonyl (C=O) groups excluding carboxylic acids is 2. The Hall–Kier alpha value is -3.57. The molecule has 3 rings (SSSR count). The number of anilines is 1. The van der Waals surface area contributed by atoms with Crippen LogP contribution in [0.3, 0.4) is 0 Å². The van der Waals surface area contributed by atoms with Crippen molar-refractivity contribution in [3.8, 4) is 0 Å². The third-order valence-electron chi connectivity index (χ3n) is 6.40. The molecule has 0 saturated heterocycles. The van der Waals surface area contributed by atoms with Crippen molar-refractivity contribution >= 4 is 39.1 Å². The number of carbonyl (C=O) groups is 2. The van der Waals surface area contributed by atoms with Crippen molar-refractivity contribution in [2.45, 2.75) is 52.0 Å². The van der Waals surface area contributed by atoms with Crippen LogP contribution in [-0.4, -0.2) is 50.0 Å². The summed E-state index contributed by atoms with van der Waals surface area (Å²) < 4.78 is 66.8. The Bertz CT molecular complexity index is 1500. The minimum atomic E-state index is -4.78. The van der Waals surface area contributed by atoms with E-state index in [1.165, 1.54) is 4.90 Å². The highest BCUT2D eigenvalue weighted by atomic mass is 35.5. The fraction of sp³-hybridized carbons (Fsp3) is 0.333. The van der Waals surface area contributed by atoms with Gasteiger partial charge >= 0.3 is 6.18 Å². The molecule has 0 radical (unpaired) electrons. The molecule has 1 unspecified atom stereocenters. The Morgan fingerprint density at radius 3 is 2.12 bits per heavy atom. The number of sulfonamides is 1. The molecule has 7 nitrogen and oxygen atoms in total. The molecule has 226 valence electrons. The van der Waals surface area contributed by atoms with Gasteiger partial charge in [0, 0.05) is 19.0 Å². The van der Waals surface area contributed by atoms with Crippen molar-refractivity contribution in [3.63, 3.8) is 0 Å². The SMILES string of the molecule is Cc1ccc(CN(C(=O)CN(c2cc(C(F)(F)F)ccc2Cl)S(C)(=O)=O)C(Cc2ccccc2)C(=O)NC(C)C)cc1. The van der Waals surface area contributed by atoms with E-state index in [9.17, 15) is 31.2 Å². The lowest BCUT2D eigenvalue weighted by Crippen LogP contribution is -2.54. The molecule has 3 aromatic rings. The molecule has 0 spiro atoms. The van der Waals surface area contributed by atoms with Crippen LogP contribution in [0.4, 0.5) is 18.9 Å². The van der Waals surface area contributed by atoms with Crippen LogP contribution >= 0.6 is 11.6 Å². The molecule has 0 bridgehead atoms. The number of nitrogens with one attached hydrogen (secondary N) is 1. The molecule has 12 heteroatoms. The third kappa shape index (κ3) is 8.96. The summed E-state index contributed by atoms with van der Waals surface area (Å²) in [6.07, 6.45) is -3.89. The van der Waals surface area contributed by atoms with Crippen LogP contribution in [0.15, 0.2) is 72.8 Å². The summed E-state index contributed by atoms with van der Waals surface area (Å²) in [4.78, 5) is 28.8. The number of halogens is 4. The van der Waals surface area contributed by atoms with Crippen molar-refractivity contribution in [1.29, 1.82) is 0 Å². The highest BCUT2D eigenvalue weighted by Crippen LogP contribution is 2.36. The summed E-state index contributed by atoms with van der Waals surface area (Å²) in [5.74, 6) is -1.26. The predicted octanol–water partition coefficient (Wildman–Crippen LogP) is 5.60. The molecular formula is C30H33ClF3N3O4S. The van der Waals surface area contributed by atoms with E-state index in [0.29, 0.717) is 15.9 Å². The molecule has 0 aliphatic carbocycles. The molecule has 0 fully saturated rings. The van der Waals surface area contributed by atoms with Crippen LogP contribution in [0.5, 0.6) is 0 Å². The fourth-order valence-electron chi connectivity index (χ4n) is 4.30. The monoisotopic (exact) mass is 623 g/mol. The fourth-order valence-corrected chi connectivity index (χ4v) is 5.42. The summed E-state index contributed by atoms with van der Waals surface area (Å²) in [7, 11) is -4.30. The smallest absolute Gasteiger partial charge is 0.352 e. The molecule has 0 aromatic heterocycles. The lowest BCUT2D eigenvalue weighted by atomic mass is 10.0. The second-order valence-corrected chi connectivity index (χ2v) is 12.6. The molecular weight excluding hydrogens is 591 g/mol. The maximum Gasteiger partial charge on any atom is 0.416 e. The predicted molar refractivity (Wildman–Crippen MR) is 158 cm³/mol. The van der Waals surface area contributed by atoms with Gasteiger partial charge in [0.15, 0.2) is 0 Å². The average molecular weight is 624 g/mol.